The fourth-order valence-electron chi connectivity index (χ4n) is 10.2. The first-order chi connectivity index (χ1) is 37.5. The number of rotatable bonds is 24. The monoisotopic (exact) mass is 1090 g/mol. The first-order valence-corrected chi connectivity index (χ1v) is 27.5. The molecule has 6 rings (SSSR count). The molecule has 0 spiro atoms. The van der Waals surface area contributed by atoms with Crippen molar-refractivity contribution in [3.8, 4) is 0 Å². The lowest BCUT2D eigenvalue weighted by atomic mass is 9.77. The summed E-state index contributed by atoms with van der Waals surface area (Å²) in [4.78, 5) is 43.3. The highest BCUT2D eigenvalue weighted by molar-refractivity contribution is 5.71. The Balaban J connectivity index is 0.000000255. The highest BCUT2D eigenvalue weighted by atomic mass is 19.1. The van der Waals surface area contributed by atoms with E-state index in [1.807, 2.05) is 110 Å². The van der Waals surface area contributed by atoms with Crippen LogP contribution in [-0.2, 0) is 64.7 Å². The number of hydrogen-bond donors (Lipinski definition) is 0. The van der Waals surface area contributed by atoms with Gasteiger partial charge in [0.2, 0.25) is 0 Å². The Morgan fingerprint density at radius 2 is 0.646 bits per heavy atom. The van der Waals surface area contributed by atoms with E-state index >= 15 is 0 Å². The van der Waals surface area contributed by atoms with Gasteiger partial charge >= 0.3 is 17.9 Å². The summed E-state index contributed by atoms with van der Waals surface area (Å²) in [6.45, 7) is 15.9. The Bertz CT molecular complexity index is 2740. The first kappa shape index (κ1) is 64.9. The van der Waals surface area contributed by atoms with E-state index < -0.39 is 16.8 Å². The van der Waals surface area contributed by atoms with Gasteiger partial charge < -0.3 is 28.9 Å². The summed E-state index contributed by atoms with van der Waals surface area (Å²) < 4.78 is 58.8. The van der Waals surface area contributed by atoms with Crippen molar-refractivity contribution in [2.75, 3.05) is 61.9 Å². The molecule has 0 N–H and O–H groups in total. The highest BCUT2D eigenvalue weighted by Crippen LogP contribution is 2.41. The van der Waals surface area contributed by atoms with Crippen LogP contribution in [-0.4, -0.2) is 94.5 Å². The number of nitrogens with zero attached hydrogens (tertiary/aromatic N) is 3. The van der Waals surface area contributed by atoms with Gasteiger partial charge in [-0.3, -0.25) is 14.4 Å². The fourth-order valence-corrected chi connectivity index (χ4v) is 10.2. The predicted molar refractivity (Wildman–Crippen MR) is 312 cm³/mol. The van der Waals surface area contributed by atoms with Gasteiger partial charge in [0.25, 0.3) is 0 Å². The van der Waals surface area contributed by atoms with Gasteiger partial charge in [-0.05, 0) is 119 Å². The van der Waals surface area contributed by atoms with Crippen LogP contribution in [0.25, 0.3) is 0 Å². The molecule has 0 amide bonds. The molecule has 0 saturated heterocycles. The Morgan fingerprint density at radius 3 is 0.937 bits per heavy atom. The van der Waals surface area contributed by atoms with Gasteiger partial charge in [-0.2, -0.15) is 0 Å². The molecule has 0 radical (unpaired) electrons. The second kappa shape index (κ2) is 31.3. The molecule has 6 atom stereocenters. The number of carbonyl (C=O) groups excluding carboxylic acids is 3. The first-order valence-electron chi connectivity index (χ1n) is 27.5. The molecule has 0 heterocycles. The molecule has 0 unspecified atom stereocenters. The summed E-state index contributed by atoms with van der Waals surface area (Å²) in [5, 5.41) is 0. The molecule has 6 aromatic carbocycles. The third-order valence-corrected chi connectivity index (χ3v) is 14.3. The lowest BCUT2D eigenvalue weighted by Crippen LogP contribution is -2.44. The zero-order valence-electron chi connectivity index (χ0n) is 49.0. The Labute approximate surface area is 470 Å². The van der Waals surface area contributed by atoms with Crippen LogP contribution in [0.15, 0.2) is 158 Å². The van der Waals surface area contributed by atoms with Crippen LogP contribution in [0.5, 0.6) is 0 Å². The van der Waals surface area contributed by atoms with Crippen molar-refractivity contribution < 1.29 is 41.8 Å². The summed E-state index contributed by atoms with van der Waals surface area (Å²) in [6.07, 6.45) is 2.49. The maximum atomic E-state index is 13.6. The Hall–Kier alpha value is -6.60. The highest BCUT2D eigenvalue weighted by Gasteiger charge is 2.45. The average molecular weight is 1090 g/mol. The molecule has 79 heavy (non-hydrogen) atoms. The van der Waals surface area contributed by atoms with Crippen molar-refractivity contribution in [2.45, 2.75) is 104 Å². The molecule has 0 fully saturated rings. The van der Waals surface area contributed by atoms with E-state index in [9.17, 15) is 27.6 Å². The summed E-state index contributed by atoms with van der Waals surface area (Å²) >= 11 is 0. The molecule has 12 heteroatoms. The van der Waals surface area contributed by atoms with E-state index in [2.05, 4.69) is 59.7 Å². The minimum absolute atomic E-state index is 0.00904. The van der Waals surface area contributed by atoms with Crippen molar-refractivity contribution in [3.63, 3.8) is 0 Å². The van der Waals surface area contributed by atoms with E-state index in [1.165, 1.54) is 42.0 Å². The van der Waals surface area contributed by atoms with Crippen LogP contribution >= 0.6 is 0 Å². The largest absolute Gasteiger partial charge is 0.453 e. The fraction of sp³-hybridized carbons (Fsp3) is 0.418. The number of esters is 3. The maximum absolute atomic E-state index is 13.6. The molecule has 0 bridgehead atoms. The number of carbonyl (C=O) groups is 3. The normalized spacial score (nSPS) is 14.7. The molecule has 0 aliphatic heterocycles. The van der Waals surface area contributed by atoms with Gasteiger partial charge in [0.05, 0.1) is 0 Å². The van der Waals surface area contributed by atoms with Gasteiger partial charge in [-0.15, -0.1) is 0 Å². The quantitative estimate of drug-likeness (QED) is 0.0434. The van der Waals surface area contributed by atoms with E-state index in [0.29, 0.717) is 38.5 Å². The smallest absolute Gasteiger partial charge is 0.306 e. The minimum Gasteiger partial charge on any atom is -0.453 e. The minimum atomic E-state index is -0.861. The number of hydrogen-bond acceptors (Lipinski definition) is 9. The number of aryl methyl sites for hydroxylation is 1. The lowest BCUT2D eigenvalue weighted by Gasteiger charge is -2.40. The standard InChI is InChI=1S/C23H30FNO2.2C22H28FNO2/c1-6-22(26)27-23(18(3)16-25(4)5,20-11-13-21(24)14-12-20)15-19-9-7-17(2)8-10-19;1-5-21(25)26-22(17(2)16-24(3)4,19-9-7-6-8-10-19)15-18-11-13-20(23)14-12-18;1-5-21(25)26-22(17(2)16-24(3)4,15-18-9-7-6-8-10-18)19-11-13-20(23)14-12-19/h7-14,18H,6,15-16H2,1-5H3;2*6-14,17H,5,15-16H2,1-4H3/t18-,23+;2*17-,22+/m111/s1. The Kier molecular flexibility index (Phi) is 25.7. The molecule has 0 aromatic heterocycles. The van der Waals surface area contributed by atoms with E-state index in [0.717, 1.165) is 53.0 Å². The zero-order chi connectivity index (χ0) is 58.3. The van der Waals surface area contributed by atoms with Crippen LogP contribution in [0, 0.1) is 42.1 Å². The zero-order valence-corrected chi connectivity index (χ0v) is 49.0. The van der Waals surface area contributed by atoms with Crippen LogP contribution in [0.3, 0.4) is 0 Å². The second-order valence-electron chi connectivity index (χ2n) is 21.6. The summed E-state index contributed by atoms with van der Waals surface area (Å²) in [5.41, 5.74) is 4.34. The van der Waals surface area contributed by atoms with Crippen molar-refractivity contribution in [2.24, 2.45) is 17.8 Å². The molecule has 9 nitrogen and oxygen atoms in total. The molecular weight excluding hydrogens is 1000 g/mol. The van der Waals surface area contributed by atoms with Gasteiger partial charge in [-0.25, -0.2) is 13.2 Å². The summed E-state index contributed by atoms with van der Waals surface area (Å²) in [5.74, 6) is -1.55. The van der Waals surface area contributed by atoms with Gasteiger partial charge in [0, 0.05) is 75.9 Å². The number of ether oxygens (including phenoxy) is 3. The predicted octanol–water partition coefficient (Wildman–Crippen LogP) is 13.6. The molecule has 0 aliphatic rings. The third kappa shape index (κ3) is 19.3. The van der Waals surface area contributed by atoms with Gasteiger partial charge in [0.15, 0.2) is 0 Å². The van der Waals surface area contributed by atoms with Crippen LogP contribution in [0.2, 0.25) is 0 Å². The molecule has 6 aromatic rings. The maximum Gasteiger partial charge on any atom is 0.306 e. The van der Waals surface area contributed by atoms with Crippen molar-refractivity contribution >= 4 is 17.9 Å². The van der Waals surface area contributed by atoms with Gasteiger partial charge in [0.1, 0.15) is 34.3 Å². The van der Waals surface area contributed by atoms with Crippen molar-refractivity contribution in [1.82, 2.24) is 14.7 Å². The topological polar surface area (TPSA) is 88.6 Å². The molecule has 426 valence electrons. The number of benzene rings is 6. The van der Waals surface area contributed by atoms with Crippen LogP contribution in [0.1, 0.15) is 99.7 Å². The van der Waals surface area contributed by atoms with Crippen LogP contribution < -0.4 is 0 Å². The summed E-state index contributed by atoms with van der Waals surface area (Å²) in [7, 11) is 12.0. The van der Waals surface area contributed by atoms with E-state index in [1.54, 1.807) is 57.2 Å². The molecule has 0 aliphatic carbocycles. The third-order valence-electron chi connectivity index (χ3n) is 14.3. The molecule has 0 saturated carbocycles. The van der Waals surface area contributed by atoms with E-state index in [-0.39, 0.29) is 53.1 Å². The molecular formula is C67H86F3N3O6. The summed E-state index contributed by atoms with van der Waals surface area (Å²) in [6, 6.07) is 47.1. The van der Waals surface area contributed by atoms with Crippen molar-refractivity contribution in [3.05, 3.63) is 214 Å². The lowest BCUT2D eigenvalue weighted by molar-refractivity contribution is -0.169. The van der Waals surface area contributed by atoms with Crippen molar-refractivity contribution in [1.29, 1.82) is 0 Å². The van der Waals surface area contributed by atoms with E-state index in [4.69, 9.17) is 14.2 Å². The Morgan fingerprint density at radius 1 is 0.392 bits per heavy atom. The van der Waals surface area contributed by atoms with Crippen LogP contribution in [0.4, 0.5) is 13.2 Å². The average Bonchev–Trinajstić information content (AvgIpc) is 3.48. The number of halogens is 3. The second-order valence-corrected chi connectivity index (χ2v) is 21.6. The SMILES string of the molecule is CCC(=O)O[C@](Cc1ccc(C)cc1)(c1ccc(F)cc1)[C@H](C)CN(C)C.CCC(=O)O[C@](Cc1ccc(F)cc1)(c1ccccc1)[C@H](C)CN(C)C.CCC(=O)O[C@](Cc1ccccc1)(c1ccc(F)cc1)[C@H](C)CN(C)C. The van der Waals surface area contributed by atoms with Gasteiger partial charge in [-0.1, -0.05) is 168 Å².